The van der Waals surface area contributed by atoms with E-state index < -0.39 is 12.1 Å². The van der Waals surface area contributed by atoms with Crippen LogP contribution in [-0.2, 0) is 16.0 Å². The fourth-order valence-electron chi connectivity index (χ4n) is 1.93. The van der Waals surface area contributed by atoms with E-state index in [0.717, 1.165) is 5.56 Å². The summed E-state index contributed by atoms with van der Waals surface area (Å²) in [6.45, 7) is -0.0892. The highest BCUT2D eigenvalue weighted by Crippen LogP contribution is 2.30. The normalized spacial score (nSPS) is 23.1. The monoisotopic (exact) mass is 222 g/mol. The van der Waals surface area contributed by atoms with Crippen LogP contribution in [0.15, 0.2) is 24.3 Å². The number of methoxy groups -OCH3 is 1. The van der Waals surface area contributed by atoms with Crippen LogP contribution in [0, 0.1) is 5.92 Å². The molecule has 0 radical (unpaired) electrons. The molecule has 0 saturated heterocycles. The Kier molecular flexibility index (Phi) is 3.10. The van der Waals surface area contributed by atoms with Crippen molar-refractivity contribution in [2.45, 2.75) is 12.5 Å². The predicted molar refractivity (Wildman–Crippen MR) is 57.2 cm³/mol. The second kappa shape index (κ2) is 4.53. The van der Waals surface area contributed by atoms with Crippen LogP contribution in [0.2, 0.25) is 0 Å². The number of esters is 1. The molecular weight excluding hydrogens is 208 g/mol. The van der Waals surface area contributed by atoms with E-state index in [-0.39, 0.29) is 12.5 Å². The maximum absolute atomic E-state index is 11.5. The number of hydrogen-bond acceptors (Lipinski definition) is 4. The maximum atomic E-state index is 11.5. The number of carbonyl (C=O) groups excluding carboxylic acids is 1. The molecule has 1 aromatic carbocycles. The summed E-state index contributed by atoms with van der Waals surface area (Å²) >= 11 is 0. The van der Waals surface area contributed by atoms with E-state index in [0.29, 0.717) is 12.2 Å². The van der Waals surface area contributed by atoms with Crippen LogP contribution in [0.4, 0.5) is 0 Å². The molecule has 2 atom stereocenters. The van der Waals surface area contributed by atoms with Crippen LogP contribution < -0.4 is 4.74 Å². The largest absolute Gasteiger partial charge is 0.478 e. The minimum atomic E-state index is -0.704. The molecule has 1 heterocycles. The number of benzene rings is 1. The lowest BCUT2D eigenvalue weighted by molar-refractivity contribution is -0.153. The predicted octanol–water partition coefficient (Wildman–Crippen LogP) is 0.772. The SMILES string of the molecule is COC(=O)C1Oc2ccccc2CC1CO. The molecule has 1 aliphatic rings. The average molecular weight is 222 g/mol. The minimum Gasteiger partial charge on any atom is -0.478 e. The highest BCUT2D eigenvalue weighted by Gasteiger charge is 2.35. The molecular formula is C12H14O4. The van der Waals surface area contributed by atoms with Gasteiger partial charge in [0.25, 0.3) is 0 Å². The summed E-state index contributed by atoms with van der Waals surface area (Å²) in [5, 5.41) is 9.24. The summed E-state index contributed by atoms with van der Waals surface area (Å²) in [4.78, 5) is 11.5. The van der Waals surface area contributed by atoms with Gasteiger partial charge < -0.3 is 14.6 Å². The molecule has 0 spiro atoms. The Morgan fingerprint density at radius 2 is 2.31 bits per heavy atom. The third-order valence-corrected chi connectivity index (χ3v) is 2.80. The third kappa shape index (κ3) is 1.88. The Balaban J connectivity index is 2.27. The summed E-state index contributed by atoms with van der Waals surface area (Å²) in [5.41, 5.74) is 1.02. The number of para-hydroxylation sites is 1. The number of ether oxygens (including phenoxy) is 2. The molecule has 16 heavy (non-hydrogen) atoms. The second-order valence-corrected chi connectivity index (χ2v) is 3.82. The molecule has 0 bridgehead atoms. The highest BCUT2D eigenvalue weighted by atomic mass is 16.6. The third-order valence-electron chi connectivity index (χ3n) is 2.80. The smallest absolute Gasteiger partial charge is 0.347 e. The van der Waals surface area contributed by atoms with Gasteiger partial charge in [0.2, 0.25) is 6.10 Å². The van der Waals surface area contributed by atoms with Gasteiger partial charge in [-0.15, -0.1) is 0 Å². The molecule has 86 valence electrons. The van der Waals surface area contributed by atoms with Crippen molar-refractivity contribution in [3.8, 4) is 5.75 Å². The van der Waals surface area contributed by atoms with E-state index >= 15 is 0 Å². The van der Waals surface area contributed by atoms with E-state index in [1.807, 2.05) is 24.3 Å². The first kappa shape index (κ1) is 11.0. The standard InChI is InChI=1S/C12H14O4/c1-15-12(14)11-9(7-13)6-8-4-2-3-5-10(8)16-11/h2-5,9,11,13H,6-7H2,1H3. The van der Waals surface area contributed by atoms with Gasteiger partial charge in [0.15, 0.2) is 0 Å². The van der Waals surface area contributed by atoms with Gasteiger partial charge in [0.1, 0.15) is 5.75 Å². The van der Waals surface area contributed by atoms with Crippen LogP contribution in [0.3, 0.4) is 0 Å². The number of rotatable bonds is 2. The zero-order valence-electron chi connectivity index (χ0n) is 9.05. The van der Waals surface area contributed by atoms with Crippen LogP contribution in [0.1, 0.15) is 5.56 Å². The van der Waals surface area contributed by atoms with E-state index in [1.165, 1.54) is 7.11 Å². The van der Waals surface area contributed by atoms with Crippen molar-refractivity contribution in [3.63, 3.8) is 0 Å². The van der Waals surface area contributed by atoms with Gasteiger partial charge >= 0.3 is 5.97 Å². The van der Waals surface area contributed by atoms with Crippen LogP contribution in [0.5, 0.6) is 5.75 Å². The molecule has 0 aromatic heterocycles. The van der Waals surface area contributed by atoms with Crippen molar-refractivity contribution in [1.29, 1.82) is 0 Å². The number of fused-ring (bicyclic) bond motifs is 1. The van der Waals surface area contributed by atoms with Gasteiger partial charge in [-0.25, -0.2) is 4.79 Å². The molecule has 1 aliphatic heterocycles. The van der Waals surface area contributed by atoms with Crippen molar-refractivity contribution in [2.75, 3.05) is 13.7 Å². The first-order valence-electron chi connectivity index (χ1n) is 5.19. The Labute approximate surface area is 93.8 Å². The second-order valence-electron chi connectivity index (χ2n) is 3.82. The van der Waals surface area contributed by atoms with Crippen molar-refractivity contribution in [1.82, 2.24) is 0 Å². The molecule has 0 aliphatic carbocycles. The average Bonchev–Trinajstić information content (AvgIpc) is 2.36. The summed E-state index contributed by atoms with van der Waals surface area (Å²) in [7, 11) is 1.32. The first-order valence-corrected chi connectivity index (χ1v) is 5.19. The number of aliphatic hydroxyl groups excluding tert-OH is 1. The lowest BCUT2D eigenvalue weighted by atomic mass is 9.91. The van der Waals surface area contributed by atoms with E-state index in [1.54, 1.807) is 0 Å². The molecule has 4 heteroatoms. The van der Waals surface area contributed by atoms with Gasteiger partial charge in [0, 0.05) is 5.92 Å². The van der Waals surface area contributed by atoms with Gasteiger partial charge in [-0.3, -0.25) is 0 Å². The van der Waals surface area contributed by atoms with E-state index in [9.17, 15) is 9.90 Å². The fraction of sp³-hybridized carbons (Fsp3) is 0.417. The summed E-state index contributed by atoms with van der Waals surface area (Å²) < 4.78 is 10.2. The Morgan fingerprint density at radius 1 is 1.56 bits per heavy atom. The molecule has 1 aromatic rings. The quantitative estimate of drug-likeness (QED) is 0.751. The molecule has 2 rings (SSSR count). The van der Waals surface area contributed by atoms with Crippen LogP contribution >= 0.6 is 0 Å². The maximum Gasteiger partial charge on any atom is 0.347 e. The molecule has 0 amide bonds. The molecule has 4 nitrogen and oxygen atoms in total. The first-order chi connectivity index (χ1) is 7.76. The lowest BCUT2D eigenvalue weighted by Gasteiger charge is -2.30. The van der Waals surface area contributed by atoms with E-state index in [2.05, 4.69) is 4.74 Å². The van der Waals surface area contributed by atoms with Crippen molar-refractivity contribution >= 4 is 5.97 Å². The van der Waals surface area contributed by atoms with Gasteiger partial charge in [-0.05, 0) is 18.1 Å². The minimum absolute atomic E-state index is 0.0892. The highest BCUT2D eigenvalue weighted by molar-refractivity contribution is 5.76. The summed E-state index contributed by atoms with van der Waals surface area (Å²) in [5.74, 6) is 0.0264. The topological polar surface area (TPSA) is 55.8 Å². The van der Waals surface area contributed by atoms with Gasteiger partial charge in [-0.1, -0.05) is 18.2 Å². The number of carbonyl (C=O) groups is 1. The van der Waals surface area contributed by atoms with Crippen LogP contribution in [0.25, 0.3) is 0 Å². The number of aliphatic hydroxyl groups is 1. The van der Waals surface area contributed by atoms with Crippen LogP contribution in [-0.4, -0.2) is 30.9 Å². The van der Waals surface area contributed by atoms with Crippen molar-refractivity contribution in [2.24, 2.45) is 5.92 Å². The molecule has 1 N–H and O–H groups in total. The zero-order valence-corrected chi connectivity index (χ0v) is 9.05. The fourth-order valence-corrected chi connectivity index (χ4v) is 1.93. The number of hydrogen-bond donors (Lipinski definition) is 1. The Hall–Kier alpha value is -1.55. The molecule has 2 unspecified atom stereocenters. The molecule has 0 saturated carbocycles. The van der Waals surface area contributed by atoms with Gasteiger partial charge in [-0.2, -0.15) is 0 Å². The van der Waals surface area contributed by atoms with E-state index in [4.69, 9.17) is 4.74 Å². The summed E-state index contributed by atoms with van der Waals surface area (Å²) in [6.07, 6.45) is -0.0724. The zero-order chi connectivity index (χ0) is 11.5. The van der Waals surface area contributed by atoms with Crippen molar-refractivity contribution < 1.29 is 19.4 Å². The van der Waals surface area contributed by atoms with Crippen molar-refractivity contribution in [3.05, 3.63) is 29.8 Å². The molecule has 0 fully saturated rings. The Bertz CT molecular complexity index is 388. The van der Waals surface area contributed by atoms with Gasteiger partial charge in [0.05, 0.1) is 13.7 Å². The Morgan fingerprint density at radius 3 is 3.00 bits per heavy atom. The summed E-state index contributed by atoms with van der Waals surface area (Å²) in [6, 6.07) is 7.52. The lowest BCUT2D eigenvalue weighted by Crippen LogP contribution is -2.42.